The highest BCUT2D eigenvalue weighted by molar-refractivity contribution is 8.18. The summed E-state index contributed by atoms with van der Waals surface area (Å²) in [5.74, 6) is -0.530. The molecular formula is C9H12O3S. The lowest BCUT2D eigenvalue weighted by atomic mass is 10.2. The van der Waals surface area contributed by atoms with Crippen LogP contribution in [0.1, 0.15) is 6.92 Å². The molecule has 0 bridgehead atoms. The summed E-state index contributed by atoms with van der Waals surface area (Å²) in [4.78, 5) is 11.2. The molecule has 1 unspecified atom stereocenters. The molecule has 1 heterocycles. The van der Waals surface area contributed by atoms with E-state index in [1.807, 2.05) is 23.0 Å². The van der Waals surface area contributed by atoms with Crippen molar-refractivity contribution in [1.82, 2.24) is 0 Å². The molecule has 1 atom stereocenters. The fourth-order valence-corrected chi connectivity index (χ4v) is 1.77. The Morgan fingerprint density at radius 1 is 1.54 bits per heavy atom. The molecule has 0 spiro atoms. The number of hydrogen-bond donors (Lipinski definition) is 2. The van der Waals surface area contributed by atoms with Gasteiger partial charge in [-0.25, -0.2) is 4.79 Å². The molecule has 0 aromatic rings. The Kier molecular flexibility index (Phi) is 3.33. The SMILES string of the molecule is C=C(C(=O)O[SH]1C=CC=C1)C(C)O. The number of carbonyl (C=O) groups excluding carboxylic acids is 1. The molecule has 0 saturated carbocycles. The van der Waals surface area contributed by atoms with Crippen LogP contribution < -0.4 is 0 Å². The minimum Gasteiger partial charge on any atom is -0.407 e. The van der Waals surface area contributed by atoms with E-state index < -0.39 is 23.2 Å². The normalized spacial score (nSPS) is 18.8. The van der Waals surface area contributed by atoms with Crippen molar-refractivity contribution in [1.29, 1.82) is 0 Å². The predicted octanol–water partition coefficient (Wildman–Crippen LogP) is 1.42. The molecule has 0 saturated heterocycles. The first kappa shape index (κ1) is 10.1. The molecule has 0 amide bonds. The maximum atomic E-state index is 11.2. The summed E-state index contributed by atoms with van der Waals surface area (Å²) in [6.07, 6.45) is 2.80. The lowest BCUT2D eigenvalue weighted by molar-refractivity contribution is -0.129. The second-order valence-electron chi connectivity index (χ2n) is 2.62. The summed E-state index contributed by atoms with van der Waals surface area (Å²) in [5.41, 5.74) is 0.0937. The highest BCUT2D eigenvalue weighted by atomic mass is 32.2. The lowest BCUT2D eigenvalue weighted by Gasteiger charge is -2.13. The standard InChI is InChI=1S/C9H12O3S/c1-7(8(2)10)9(11)12-13-5-3-4-6-13/h3-6,8,10,13H,1H2,2H3. The lowest BCUT2D eigenvalue weighted by Crippen LogP contribution is -2.14. The van der Waals surface area contributed by atoms with E-state index in [1.54, 1.807) is 0 Å². The van der Waals surface area contributed by atoms with Gasteiger partial charge in [-0.05, 0) is 17.7 Å². The van der Waals surface area contributed by atoms with Crippen LogP contribution in [0.3, 0.4) is 0 Å². The van der Waals surface area contributed by atoms with Crippen molar-refractivity contribution < 1.29 is 14.1 Å². The third-order valence-corrected chi connectivity index (χ3v) is 2.84. The number of carbonyl (C=O) groups is 1. The molecule has 13 heavy (non-hydrogen) atoms. The zero-order valence-corrected chi connectivity index (χ0v) is 8.20. The first-order valence-electron chi connectivity index (χ1n) is 3.83. The molecule has 1 N–H and O–H groups in total. The summed E-state index contributed by atoms with van der Waals surface area (Å²) in [6.45, 7) is 4.92. The Hall–Kier alpha value is -1.00. The number of aliphatic hydroxyl groups excluding tert-OH is 1. The second-order valence-corrected chi connectivity index (χ2v) is 4.12. The third-order valence-electron chi connectivity index (χ3n) is 1.53. The van der Waals surface area contributed by atoms with Crippen molar-refractivity contribution >= 4 is 17.1 Å². The second kappa shape index (κ2) is 4.30. The molecule has 1 aliphatic heterocycles. The van der Waals surface area contributed by atoms with E-state index in [1.165, 1.54) is 6.92 Å². The van der Waals surface area contributed by atoms with Crippen LogP contribution in [0.4, 0.5) is 0 Å². The van der Waals surface area contributed by atoms with Gasteiger partial charge in [-0.15, -0.1) is 0 Å². The van der Waals surface area contributed by atoms with Crippen LogP contribution >= 0.6 is 11.2 Å². The van der Waals surface area contributed by atoms with Crippen LogP contribution in [0.5, 0.6) is 0 Å². The monoisotopic (exact) mass is 200 g/mol. The zero-order chi connectivity index (χ0) is 9.84. The van der Waals surface area contributed by atoms with Crippen LogP contribution in [0, 0.1) is 0 Å². The Morgan fingerprint density at radius 3 is 2.54 bits per heavy atom. The Bertz CT molecular complexity index is 267. The van der Waals surface area contributed by atoms with Gasteiger partial charge in [0.15, 0.2) is 0 Å². The first-order valence-corrected chi connectivity index (χ1v) is 5.23. The Morgan fingerprint density at radius 2 is 2.08 bits per heavy atom. The summed E-state index contributed by atoms with van der Waals surface area (Å²) in [5, 5.41) is 12.7. The maximum absolute atomic E-state index is 11.2. The van der Waals surface area contributed by atoms with Crippen LogP contribution in [0.15, 0.2) is 35.1 Å². The number of hydrogen-bond acceptors (Lipinski definition) is 3. The van der Waals surface area contributed by atoms with Crippen molar-refractivity contribution in [3.05, 3.63) is 35.1 Å². The van der Waals surface area contributed by atoms with E-state index in [0.29, 0.717) is 0 Å². The highest BCUT2D eigenvalue weighted by Crippen LogP contribution is 2.34. The van der Waals surface area contributed by atoms with E-state index in [9.17, 15) is 4.79 Å². The smallest absolute Gasteiger partial charge is 0.346 e. The van der Waals surface area contributed by atoms with Crippen LogP contribution in [-0.4, -0.2) is 17.2 Å². The topological polar surface area (TPSA) is 46.5 Å². The molecule has 1 rings (SSSR count). The van der Waals surface area contributed by atoms with Gasteiger partial charge in [0.1, 0.15) is 0 Å². The minimum absolute atomic E-state index is 0.0937. The summed E-state index contributed by atoms with van der Waals surface area (Å²) < 4.78 is 5.03. The van der Waals surface area contributed by atoms with E-state index >= 15 is 0 Å². The number of rotatable bonds is 3. The number of allylic oxidation sites excluding steroid dienone is 2. The molecule has 0 aromatic carbocycles. The van der Waals surface area contributed by atoms with Gasteiger partial charge in [-0.1, -0.05) is 29.9 Å². The fourth-order valence-electron chi connectivity index (χ4n) is 0.705. The molecule has 0 fully saturated rings. The predicted molar refractivity (Wildman–Crippen MR) is 54.2 cm³/mol. The average molecular weight is 200 g/mol. The van der Waals surface area contributed by atoms with E-state index in [4.69, 9.17) is 9.29 Å². The van der Waals surface area contributed by atoms with Crippen LogP contribution in [0.2, 0.25) is 0 Å². The number of thiol groups is 1. The first-order chi connectivity index (χ1) is 6.11. The minimum atomic E-state index is -0.924. The van der Waals surface area contributed by atoms with E-state index in [2.05, 4.69) is 6.58 Å². The quantitative estimate of drug-likeness (QED) is 0.535. The van der Waals surface area contributed by atoms with Gasteiger partial charge in [-0.2, -0.15) is 0 Å². The van der Waals surface area contributed by atoms with Crippen molar-refractivity contribution in [2.24, 2.45) is 0 Å². The van der Waals surface area contributed by atoms with E-state index in [-0.39, 0.29) is 5.57 Å². The Balaban J connectivity index is 2.45. The molecule has 72 valence electrons. The Labute approximate surface area is 80.0 Å². The summed E-state index contributed by atoms with van der Waals surface area (Å²) in [6, 6.07) is 0. The molecule has 0 radical (unpaired) electrons. The average Bonchev–Trinajstić information content (AvgIpc) is 2.55. The van der Waals surface area contributed by atoms with Gasteiger partial charge >= 0.3 is 5.97 Å². The van der Waals surface area contributed by atoms with Crippen molar-refractivity contribution in [3.8, 4) is 0 Å². The molecule has 1 aliphatic rings. The molecule has 3 nitrogen and oxygen atoms in total. The largest absolute Gasteiger partial charge is 0.407 e. The molecule has 0 aromatic heterocycles. The summed E-state index contributed by atoms with van der Waals surface area (Å²) >= 11 is -0.924. The van der Waals surface area contributed by atoms with Gasteiger partial charge in [0.2, 0.25) is 0 Å². The van der Waals surface area contributed by atoms with Crippen LogP contribution in [0.25, 0.3) is 0 Å². The van der Waals surface area contributed by atoms with Crippen molar-refractivity contribution in [2.45, 2.75) is 13.0 Å². The van der Waals surface area contributed by atoms with Gasteiger partial charge in [0.05, 0.1) is 11.7 Å². The van der Waals surface area contributed by atoms with Gasteiger partial charge < -0.3 is 9.29 Å². The fraction of sp³-hybridized carbons (Fsp3) is 0.222. The molecular weight excluding hydrogens is 188 g/mol. The maximum Gasteiger partial charge on any atom is 0.346 e. The highest BCUT2D eigenvalue weighted by Gasteiger charge is 2.15. The number of aliphatic hydroxyl groups is 1. The van der Waals surface area contributed by atoms with Crippen molar-refractivity contribution in [2.75, 3.05) is 0 Å². The van der Waals surface area contributed by atoms with Crippen molar-refractivity contribution in [3.63, 3.8) is 0 Å². The van der Waals surface area contributed by atoms with Crippen LogP contribution in [-0.2, 0) is 8.98 Å². The van der Waals surface area contributed by atoms with Gasteiger partial charge in [0.25, 0.3) is 0 Å². The zero-order valence-electron chi connectivity index (χ0n) is 7.30. The van der Waals surface area contributed by atoms with E-state index in [0.717, 1.165) is 0 Å². The van der Waals surface area contributed by atoms with Gasteiger partial charge in [-0.3, -0.25) is 0 Å². The molecule has 4 heteroatoms. The van der Waals surface area contributed by atoms with Gasteiger partial charge in [0, 0.05) is 0 Å². The molecule has 0 aliphatic carbocycles. The summed E-state index contributed by atoms with van der Waals surface area (Å²) in [7, 11) is 0. The third kappa shape index (κ3) is 2.75.